The molecule has 30 heavy (non-hydrogen) atoms. The number of alkyl carbamates (subject to hydrolysis) is 1. The highest BCUT2D eigenvalue weighted by atomic mass is 127. The predicted molar refractivity (Wildman–Crippen MR) is 127 cm³/mol. The first-order valence-electron chi connectivity index (χ1n) is 9.83. The van der Waals surface area contributed by atoms with E-state index < -0.39 is 5.60 Å². The van der Waals surface area contributed by atoms with E-state index in [0.717, 1.165) is 24.5 Å². The van der Waals surface area contributed by atoms with Crippen LogP contribution in [0.25, 0.3) is 0 Å². The smallest absolute Gasteiger partial charge is 0.407 e. The first-order chi connectivity index (χ1) is 13.8. The molecule has 1 aliphatic rings. The number of carbonyl (C=O) groups excluding carboxylic acids is 1. The zero-order valence-corrected chi connectivity index (χ0v) is 20.8. The van der Waals surface area contributed by atoms with Crippen LogP contribution >= 0.6 is 24.0 Å². The van der Waals surface area contributed by atoms with Crippen LogP contribution < -0.4 is 15.4 Å². The van der Waals surface area contributed by atoms with Gasteiger partial charge in [0.05, 0.1) is 12.6 Å². The number of guanidine groups is 1. The number of nitrogens with zero attached hydrogens (tertiary/aromatic N) is 3. The molecule has 2 heterocycles. The highest BCUT2D eigenvalue weighted by Crippen LogP contribution is 2.15. The molecule has 10 heteroatoms. The molecule has 1 aliphatic heterocycles. The molecule has 2 N–H and O–H groups in total. The summed E-state index contributed by atoms with van der Waals surface area (Å²) in [4.78, 5) is 22.8. The fourth-order valence-electron chi connectivity index (χ4n) is 2.96. The zero-order chi connectivity index (χ0) is 21.3. The molecular formula is C20H34IN5O4. The van der Waals surface area contributed by atoms with Crippen molar-refractivity contribution in [3.05, 3.63) is 23.9 Å². The van der Waals surface area contributed by atoms with E-state index in [4.69, 9.17) is 14.2 Å². The Kier molecular flexibility index (Phi) is 11.2. The monoisotopic (exact) mass is 535 g/mol. The number of rotatable bonds is 7. The molecule has 1 aromatic heterocycles. The average molecular weight is 535 g/mol. The Labute approximate surface area is 196 Å². The molecule has 0 saturated carbocycles. The minimum atomic E-state index is -0.507. The van der Waals surface area contributed by atoms with Crippen LogP contribution in [0.15, 0.2) is 23.3 Å². The number of aromatic nitrogens is 1. The number of pyridine rings is 1. The SMILES string of the molecule is CN=C(NCc1cccnc1OCCOC)N1CCC(NC(=O)OC(C)(C)C)C1.I. The first-order valence-corrected chi connectivity index (χ1v) is 9.83. The second kappa shape index (κ2) is 12.8. The zero-order valence-electron chi connectivity index (χ0n) is 18.4. The van der Waals surface area contributed by atoms with Crippen LogP contribution in [-0.4, -0.2) is 74.0 Å². The molecule has 9 nitrogen and oxygen atoms in total. The van der Waals surface area contributed by atoms with Crippen LogP contribution in [0.1, 0.15) is 32.8 Å². The number of hydrogen-bond acceptors (Lipinski definition) is 6. The third-order valence-electron chi connectivity index (χ3n) is 4.23. The van der Waals surface area contributed by atoms with E-state index in [1.807, 2.05) is 32.9 Å². The van der Waals surface area contributed by atoms with Crippen LogP contribution in [0.2, 0.25) is 0 Å². The van der Waals surface area contributed by atoms with Crippen molar-refractivity contribution in [2.24, 2.45) is 4.99 Å². The number of hydrogen-bond donors (Lipinski definition) is 2. The molecule has 1 atom stereocenters. The molecule has 2 rings (SSSR count). The van der Waals surface area contributed by atoms with E-state index in [-0.39, 0.29) is 36.1 Å². The second-order valence-corrected chi connectivity index (χ2v) is 7.79. The summed E-state index contributed by atoms with van der Waals surface area (Å²) in [5.74, 6) is 1.35. The molecule has 1 saturated heterocycles. The minimum Gasteiger partial charge on any atom is -0.475 e. The molecule has 0 aliphatic carbocycles. The summed E-state index contributed by atoms with van der Waals surface area (Å²) in [6.07, 6.45) is 2.15. The van der Waals surface area contributed by atoms with Crippen molar-refractivity contribution in [2.75, 3.05) is 40.5 Å². The maximum Gasteiger partial charge on any atom is 0.407 e. The van der Waals surface area contributed by atoms with Gasteiger partial charge in [0.2, 0.25) is 5.88 Å². The van der Waals surface area contributed by atoms with Crippen LogP contribution in [0, 0.1) is 0 Å². The normalized spacial score (nSPS) is 16.6. The minimum absolute atomic E-state index is 0. The number of ether oxygens (including phenoxy) is 3. The van der Waals surface area contributed by atoms with Gasteiger partial charge in [-0.2, -0.15) is 0 Å². The van der Waals surface area contributed by atoms with Crippen molar-refractivity contribution < 1.29 is 19.0 Å². The van der Waals surface area contributed by atoms with E-state index in [9.17, 15) is 4.79 Å². The third-order valence-corrected chi connectivity index (χ3v) is 4.23. The third kappa shape index (κ3) is 8.90. The number of likely N-dealkylation sites (tertiary alicyclic amines) is 1. The van der Waals surface area contributed by atoms with Crippen molar-refractivity contribution in [1.82, 2.24) is 20.5 Å². The van der Waals surface area contributed by atoms with Gasteiger partial charge in [0, 0.05) is 45.6 Å². The molecule has 170 valence electrons. The maximum absolute atomic E-state index is 12.0. The Morgan fingerprint density at radius 1 is 1.37 bits per heavy atom. The summed E-state index contributed by atoms with van der Waals surface area (Å²) in [7, 11) is 3.38. The topological polar surface area (TPSA) is 97.3 Å². The summed E-state index contributed by atoms with van der Waals surface area (Å²) >= 11 is 0. The van der Waals surface area contributed by atoms with Crippen LogP contribution in [0.5, 0.6) is 5.88 Å². The van der Waals surface area contributed by atoms with Crippen LogP contribution in [0.3, 0.4) is 0 Å². The Balaban J connectivity index is 0.00000450. The van der Waals surface area contributed by atoms with Crippen molar-refractivity contribution in [3.8, 4) is 5.88 Å². The molecule has 1 unspecified atom stereocenters. The molecule has 0 aromatic carbocycles. The lowest BCUT2D eigenvalue weighted by Gasteiger charge is -2.23. The van der Waals surface area contributed by atoms with Crippen molar-refractivity contribution in [3.63, 3.8) is 0 Å². The molecule has 1 amide bonds. The lowest BCUT2D eigenvalue weighted by atomic mass is 10.2. The fraction of sp³-hybridized carbons (Fsp3) is 0.650. The van der Waals surface area contributed by atoms with E-state index in [1.54, 1.807) is 20.4 Å². The first kappa shape index (κ1) is 26.2. The summed E-state index contributed by atoms with van der Waals surface area (Å²) in [6, 6.07) is 3.86. The number of amides is 1. The van der Waals surface area contributed by atoms with Crippen molar-refractivity contribution in [1.29, 1.82) is 0 Å². The molecule has 0 spiro atoms. The summed E-state index contributed by atoms with van der Waals surface area (Å²) in [6.45, 7) is 8.50. The Hall–Kier alpha value is -1.82. The van der Waals surface area contributed by atoms with Crippen LogP contribution in [-0.2, 0) is 16.0 Å². The van der Waals surface area contributed by atoms with Gasteiger partial charge in [0.1, 0.15) is 12.2 Å². The second-order valence-electron chi connectivity index (χ2n) is 7.79. The molecule has 1 fully saturated rings. The van der Waals surface area contributed by atoms with Gasteiger partial charge in [-0.15, -0.1) is 24.0 Å². The number of aliphatic imine (C=N–C) groups is 1. The molecular weight excluding hydrogens is 501 g/mol. The van der Waals surface area contributed by atoms with E-state index in [2.05, 4.69) is 25.5 Å². The Morgan fingerprint density at radius 3 is 2.80 bits per heavy atom. The standard InChI is InChI=1S/C20H33N5O4.HI/c1-20(2,3)29-19(26)24-16-8-10-25(14-16)18(21-4)23-13-15-7-6-9-22-17(15)28-12-11-27-5;/h6-7,9,16H,8,10-14H2,1-5H3,(H,21,23)(H,24,26);1H. The predicted octanol–water partition coefficient (Wildman–Crippen LogP) is 2.40. The summed E-state index contributed by atoms with van der Waals surface area (Å²) in [5, 5.41) is 6.28. The lowest BCUT2D eigenvalue weighted by Crippen LogP contribution is -2.44. The lowest BCUT2D eigenvalue weighted by molar-refractivity contribution is 0.0507. The van der Waals surface area contributed by atoms with Crippen molar-refractivity contribution in [2.45, 2.75) is 45.4 Å². The van der Waals surface area contributed by atoms with E-state index in [1.165, 1.54) is 0 Å². The number of nitrogens with one attached hydrogen (secondary N) is 2. The molecule has 0 radical (unpaired) electrons. The highest BCUT2D eigenvalue weighted by molar-refractivity contribution is 14.0. The average Bonchev–Trinajstić information content (AvgIpc) is 3.10. The summed E-state index contributed by atoms with van der Waals surface area (Å²) in [5.41, 5.74) is 0.430. The van der Waals surface area contributed by atoms with Gasteiger partial charge in [-0.25, -0.2) is 9.78 Å². The van der Waals surface area contributed by atoms with Gasteiger partial charge >= 0.3 is 6.09 Å². The Bertz CT molecular complexity index is 696. The van der Waals surface area contributed by atoms with Gasteiger partial charge in [0.15, 0.2) is 5.96 Å². The quantitative estimate of drug-likeness (QED) is 0.240. The largest absolute Gasteiger partial charge is 0.475 e. The van der Waals surface area contributed by atoms with Gasteiger partial charge < -0.3 is 29.7 Å². The summed E-state index contributed by atoms with van der Waals surface area (Å²) < 4.78 is 16.0. The van der Waals surface area contributed by atoms with Crippen LogP contribution in [0.4, 0.5) is 4.79 Å². The van der Waals surface area contributed by atoms with E-state index >= 15 is 0 Å². The number of carbonyl (C=O) groups is 1. The van der Waals surface area contributed by atoms with Gasteiger partial charge in [0.25, 0.3) is 0 Å². The molecule has 0 bridgehead atoms. The number of halogens is 1. The maximum atomic E-state index is 12.0. The Morgan fingerprint density at radius 2 is 2.13 bits per heavy atom. The molecule has 1 aromatic rings. The van der Waals surface area contributed by atoms with Crippen molar-refractivity contribution >= 4 is 36.0 Å². The number of methoxy groups -OCH3 is 1. The van der Waals surface area contributed by atoms with Gasteiger partial charge in [-0.1, -0.05) is 6.07 Å². The highest BCUT2D eigenvalue weighted by Gasteiger charge is 2.27. The fourth-order valence-corrected chi connectivity index (χ4v) is 2.96. The van der Waals surface area contributed by atoms with Gasteiger partial charge in [-0.3, -0.25) is 4.99 Å². The van der Waals surface area contributed by atoms with E-state index in [0.29, 0.717) is 32.2 Å². The van der Waals surface area contributed by atoms with Gasteiger partial charge in [-0.05, 0) is 33.3 Å².